The lowest BCUT2D eigenvalue weighted by Gasteiger charge is -2.15. The van der Waals surface area contributed by atoms with E-state index in [9.17, 15) is 9.59 Å². The van der Waals surface area contributed by atoms with Crippen LogP contribution in [0.4, 0.5) is 0 Å². The molecule has 0 aliphatic heterocycles. The van der Waals surface area contributed by atoms with Crippen LogP contribution in [0.5, 0.6) is 0 Å². The van der Waals surface area contributed by atoms with Crippen LogP contribution in [-0.4, -0.2) is 23.7 Å². The molecule has 0 heterocycles. The van der Waals surface area contributed by atoms with Crippen molar-refractivity contribution in [2.24, 2.45) is 5.92 Å². The van der Waals surface area contributed by atoms with Crippen molar-refractivity contribution in [3.05, 3.63) is 59.7 Å². The molecule has 1 atom stereocenters. The minimum absolute atomic E-state index is 0.00579. The van der Waals surface area contributed by atoms with Crippen LogP contribution in [0.2, 0.25) is 0 Å². The summed E-state index contributed by atoms with van der Waals surface area (Å²) >= 11 is 0. The van der Waals surface area contributed by atoms with Gasteiger partial charge in [0.25, 0.3) is 0 Å². The van der Waals surface area contributed by atoms with E-state index in [0.29, 0.717) is 6.42 Å². The van der Waals surface area contributed by atoms with Crippen LogP contribution in [0.25, 0.3) is 11.1 Å². The van der Waals surface area contributed by atoms with Gasteiger partial charge < -0.3 is 9.84 Å². The first-order chi connectivity index (χ1) is 11.6. The monoisotopic (exact) mass is 324 g/mol. The van der Waals surface area contributed by atoms with Crippen molar-refractivity contribution < 1.29 is 19.4 Å². The molecular formula is C20H20O4. The molecule has 4 nitrogen and oxygen atoms in total. The molecule has 0 unspecified atom stereocenters. The van der Waals surface area contributed by atoms with Crippen molar-refractivity contribution >= 4 is 11.9 Å². The molecule has 1 aliphatic carbocycles. The van der Waals surface area contributed by atoms with Gasteiger partial charge >= 0.3 is 11.9 Å². The first-order valence-electron chi connectivity index (χ1n) is 8.18. The summed E-state index contributed by atoms with van der Waals surface area (Å²) in [5.41, 5.74) is 4.64. The van der Waals surface area contributed by atoms with Gasteiger partial charge in [0.1, 0.15) is 6.61 Å². The predicted molar refractivity (Wildman–Crippen MR) is 90.7 cm³/mol. The number of hydrogen-bond donors (Lipinski definition) is 1. The zero-order chi connectivity index (χ0) is 17.1. The molecule has 0 fully saturated rings. The summed E-state index contributed by atoms with van der Waals surface area (Å²) in [6.07, 6.45) is 0.335. The Morgan fingerprint density at radius 2 is 1.58 bits per heavy atom. The number of carboxylic acids is 1. The van der Waals surface area contributed by atoms with Gasteiger partial charge in [0.05, 0.1) is 12.3 Å². The van der Waals surface area contributed by atoms with Gasteiger partial charge in [-0.3, -0.25) is 9.59 Å². The van der Waals surface area contributed by atoms with Gasteiger partial charge in [0, 0.05) is 5.92 Å². The van der Waals surface area contributed by atoms with E-state index in [1.165, 1.54) is 11.1 Å². The van der Waals surface area contributed by atoms with Crippen molar-refractivity contribution in [2.75, 3.05) is 6.61 Å². The quantitative estimate of drug-likeness (QED) is 0.820. The van der Waals surface area contributed by atoms with Gasteiger partial charge in [-0.05, 0) is 28.7 Å². The molecule has 1 N–H and O–H groups in total. The number of carbonyl (C=O) groups is 2. The van der Waals surface area contributed by atoms with Crippen LogP contribution in [0.15, 0.2) is 48.5 Å². The standard InChI is InChI=1S/C20H20O4/c1-2-13(20(22)23)11-19(21)24-12-18-16-9-5-3-7-14(16)15-8-4-6-10-17(15)18/h3-10,13,18H,2,11-12H2,1H3,(H,22,23)/t13-/m0/s1. The lowest BCUT2D eigenvalue weighted by molar-refractivity contribution is -0.151. The minimum atomic E-state index is -0.953. The first kappa shape index (κ1) is 16.2. The zero-order valence-electron chi connectivity index (χ0n) is 13.6. The maximum Gasteiger partial charge on any atom is 0.307 e. The van der Waals surface area contributed by atoms with Gasteiger partial charge in [-0.25, -0.2) is 0 Å². The summed E-state index contributed by atoms with van der Waals surface area (Å²) in [5, 5.41) is 9.05. The third kappa shape index (κ3) is 3.04. The van der Waals surface area contributed by atoms with Crippen molar-refractivity contribution in [1.29, 1.82) is 0 Å². The van der Waals surface area contributed by atoms with E-state index in [0.717, 1.165) is 11.1 Å². The average molecular weight is 324 g/mol. The largest absolute Gasteiger partial charge is 0.481 e. The molecule has 0 aromatic heterocycles. The Bertz CT molecular complexity index is 720. The van der Waals surface area contributed by atoms with Crippen molar-refractivity contribution in [3.63, 3.8) is 0 Å². The van der Waals surface area contributed by atoms with Crippen molar-refractivity contribution in [1.82, 2.24) is 0 Å². The van der Waals surface area contributed by atoms with Gasteiger partial charge in [0.15, 0.2) is 0 Å². The summed E-state index contributed by atoms with van der Waals surface area (Å²) in [7, 11) is 0. The fourth-order valence-electron chi connectivity index (χ4n) is 3.28. The molecule has 0 saturated heterocycles. The summed E-state index contributed by atoms with van der Waals surface area (Å²) in [5.74, 6) is -2.08. The number of hydrogen-bond acceptors (Lipinski definition) is 3. The summed E-state index contributed by atoms with van der Waals surface area (Å²) in [6.45, 7) is 2.00. The Kier molecular flexibility index (Phi) is 4.65. The Balaban J connectivity index is 1.74. The zero-order valence-corrected chi connectivity index (χ0v) is 13.6. The molecule has 3 rings (SSSR count). The summed E-state index contributed by atoms with van der Waals surface area (Å²) < 4.78 is 5.42. The van der Waals surface area contributed by atoms with Crippen molar-refractivity contribution in [2.45, 2.75) is 25.7 Å². The van der Waals surface area contributed by atoms with Gasteiger partial charge in [0.2, 0.25) is 0 Å². The molecule has 2 aromatic rings. The molecule has 0 radical (unpaired) electrons. The summed E-state index contributed by atoms with van der Waals surface area (Å²) in [6, 6.07) is 16.2. The lowest BCUT2D eigenvalue weighted by Crippen LogP contribution is -2.20. The van der Waals surface area contributed by atoms with Crippen LogP contribution in [0.3, 0.4) is 0 Å². The average Bonchev–Trinajstić information content (AvgIpc) is 2.91. The topological polar surface area (TPSA) is 63.6 Å². The predicted octanol–water partition coefficient (Wildman–Crippen LogP) is 3.84. The van der Waals surface area contributed by atoms with E-state index in [2.05, 4.69) is 24.3 Å². The molecule has 24 heavy (non-hydrogen) atoms. The molecule has 0 bridgehead atoms. The number of rotatable bonds is 6. The summed E-state index contributed by atoms with van der Waals surface area (Å²) in [4.78, 5) is 23.1. The van der Waals surface area contributed by atoms with E-state index in [4.69, 9.17) is 9.84 Å². The highest BCUT2D eigenvalue weighted by Gasteiger charge is 2.29. The SMILES string of the molecule is CC[C@@H](CC(=O)OCC1c2ccccc2-c2ccccc21)C(=O)O. The Morgan fingerprint density at radius 1 is 1.04 bits per heavy atom. The minimum Gasteiger partial charge on any atom is -0.481 e. The van der Waals surface area contributed by atoms with Gasteiger partial charge in [-0.1, -0.05) is 55.5 Å². The number of carbonyl (C=O) groups excluding carboxylic acids is 1. The molecular weight excluding hydrogens is 304 g/mol. The second-order valence-corrected chi connectivity index (χ2v) is 6.06. The maximum atomic E-state index is 12.0. The second-order valence-electron chi connectivity index (χ2n) is 6.06. The Hall–Kier alpha value is -2.62. The third-order valence-corrected chi connectivity index (χ3v) is 4.63. The van der Waals surface area contributed by atoms with E-state index in [-0.39, 0.29) is 18.9 Å². The normalized spacial score (nSPS) is 13.9. The number of ether oxygens (including phenoxy) is 1. The fraction of sp³-hybridized carbons (Fsp3) is 0.300. The van der Waals surface area contributed by atoms with Crippen LogP contribution >= 0.6 is 0 Å². The van der Waals surface area contributed by atoms with Crippen LogP contribution in [0.1, 0.15) is 36.8 Å². The molecule has 0 spiro atoms. The van der Waals surface area contributed by atoms with E-state index < -0.39 is 17.9 Å². The molecule has 0 saturated carbocycles. The highest BCUT2D eigenvalue weighted by Crippen LogP contribution is 2.44. The first-order valence-corrected chi connectivity index (χ1v) is 8.18. The van der Waals surface area contributed by atoms with Crippen molar-refractivity contribution in [3.8, 4) is 11.1 Å². The molecule has 4 heteroatoms. The molecule has 0 amide bonds. The second kappa shape index (κ2) is 6.87. The molecule has 124 valence electrons. The number of benzene rings is 2. The van der Waals surface area contributed by atoms with Crippen LogP contribution in [0, 0.1) is 5.92 Å². The number of aliphatic carboxylic acids is 1. The highest BCUT2D eigenvalue weighted by atomic mass is 16.5. The smallest absolute Gasteiger partial charge is 0.307 e. The Morgan fingerprint density at radius 3 is 2.08 bits per heavy atom. The van der Waals surface area contributed by atoms with E-state index in [1.807, 2.05) is 24.3 Å². The van der Waals surface area contributed by atoms with E-state index >= 15 is 0 Å². The van der Waals surface area contributed by atoms with Crippen LogP contribution in [-0.2, 0) is 14.3 Å². The number of fused-ring (bicyclic) bond motifs is 3. The van der Waals surface area contributed by atoms with E-state index in [1.54, 1.807) is 6.92 Å². The highest BCUT2D eigenvalue weighted by molar-refractivity contribution is 5.80. The fourth-order valence-corrected chi connectivity index (χ4v) is 3.28. The lowest BCUT2D eigenvalue weighted by atomic mass is 9.98. The van der Waals surface area contributed by atoms with Gasteiger partial charge in [-0.15, -0.1) is 0 Å². The third-order valence-electron chi connectivity index (χ3n) is 4.63. The maximum absolute atomic E-state index is 12.0. The molecule has 1 aliphatic rings. The Labute approximate surface area is 141 Å². The number of esters is 1. The number of carboxylic acid groups (broad SMARTS) is 1. The van der Waals surface area contributed by atoms with Crippen LogP contribution < -0.4 is 0 Å². The molecule has 2 aromatic carbocycles. The van der Waals surface area contributed by atoms with Gasteiger partial charge in [-0.2, -0.15) is 0 Å².